The van der Waals surface area contributed by atoms with E-state index >= 15 is 0 Å². The Kier molecular flexibility index (Phi) is 6.03. The van der Waals surface area contributed by atoms with Gasteiger partial charge in [0.25, 0.3) is 0 Å². The first-order chi connectivity index (χ1) is 14.9. The molecule has 1 fully saturated rings. The van der Waals surface area contributed by atoms with E-state index in [4.69, 9.17) is 14.2 Å². The summed E-state index contributed by atoms with van der Waals surface area (Å²) in [5.74, 6) is 0.918. The topological polar surface area (TPSA) is 54.7 Å². The minimum atomic E-state index is -4.71. The quantitative estimate of drug-likeness (QED) is 0.523. The fourth-order valence-corrected chi connectivity index (χ4v) is 3.38. The third-order valence-corrected chi connectivity index (χ3v) is 4.81. The number of benzene rings is 2. The summed E-state index contributed by atoms with van der Waals surface area (Å²) in [6.45, 7) is 1.05. The Balaban J connectivity index is 1.54. The summed E-state index contributed by atoms with van der Waals surface area (Å²) in [6.07, 6.45) is -1.58. The third kappa shape index (κ3) is 5.29. The summed E-state index contributed by atoms with van der Waals surface area (Å²) in [5.41, 5.74) is 2.47. The predicted octanol–water partition coefficient (Wildman–Crippen LogP) is 5.02. The average Bonchev–Trinajstić information content (AvgIpc) is 3.40. The number of alkyl halides is 3. The van der Waals surface area contributed by atoms with Gasteiger partial charge >= 0.3 is 6.36 Å². The van der Waals surface area contributed by atoms with E-state index in [-0.39, 0.29) is 12.0 Å². The minimum absolute atomic E-state index is 0.261. The van der Waals surface area contributed by atoms with Crippen LogP contribution in [-0.2, 0) is 11.3 Å². The van der Waals surface area contributed by atoms with Crippen molar-refractivity contribution in [2.45, 2.75) is 32.0 Å². The van der Waals surface area contributed by atoms with Gasteiger partial charge in [0.2, 0.25) is 0 Å². The summed E-state index contributed by atoms with van der Waals surface area (Å²) >= 11 is 0. The molecule has 0 radical (unpaired) electrons. The minimum Gasteiger partial charge on any atom is -0.493 e. The summed E-state index contributed by atoms with van der Waals surface area (Å²) < 4.78 is 59.6. The first-order valence-corrected chi connectivity index (χ1v) is 9.74. The van der Waals surface area contributed by atoms with Crippen LogP contribution in [0.15, 0.2) is 54.7 Å². The number of aromatic nitrogens is 2. The van der Waals surface area contributed by atoms with Crippen molar-refractivity contribution in [2.24, 2.45) is 0 Å². The molecule has 0 aliphatic carbocycles. The van der Waals surface area contributed by atoms with E-state index in [1.54, 1.807) is 30.1 Å². The van der Waals surface area contributed by atoms with Crippen LogP contribution in [0.5, 0.6) is 17.2 Å². The van der Waals surface area contributed by atoms with Gasteiger partial charge in [-0.25, -0.2) is 0 Å². The number of methoxy groups -OCH3 is 1. The Morgan fingerprint density at radius 2 is 1.90 bits per heavy atom. The molecule has 164 valence electrons. The zero-order chi connectivity index (χ0) is 21.8. The molecular formula is C22H21F3N2O4. The van der Waals surface area contributed by atoms with Crippen molar-refractivity contribution in [1.29, 1.82) is 0 Å². The van der Waals surface area contributed by atoms with Crippen LogP contribution in [-0.4, -0.2) is 36.1 Å². The van der Waals surface area contributed by atoms with Crippen molar-refractivity contribution >= 4 is 0 Å². The van der Waals surface area contributed by atoms with Crippen molar-refractivity contribution in [3.8, 4) is 28.5 Å². The lowest BCUT2D eigenvalue weighted by Crippen LogP contribution is -2.17. The molecule has 4 rings (SSSR count). The Morgan fingerprint density at radius 3 is 2.58 bits per heavy atom. The Morgan fingerprint density at radius 1 is 1.10 bits per heavy atom. The van der Waals surface area contributed by atoms with Gasteiger partial charge in [0.1, 0.15) is 5.75 Å². The van der Waals surface area contributed by atoms with E-state index in [2.05, 4.69) is 9.84 Å². The van der Waals surface area contributed by atoms with Gasteiger partial charge in [-0.3, -0.25) is 4.68 Å². The molecule has 9 heteroatoms. The first-order valence-electron chi connectivity index (χ1n) is 9.74. The van der Waals surface area contributed by atoms with E-state index in [1.165, 1.54) is 12.1 Å². The SMILES string of the molecule is COc1ccc(-c2ccnn2Cc2ccc(OC(F)(F)F)cc2)cc1O[C@H]1CCCO1. The lowest BCUT2D eigenvalue weighted by atomic mass is 10.1. The Labute approximate surface area is 177 Å². The van der Waals surface area contributed by atoms with Crippen LogP contribution in [0.3, 0.4) is 0 Å². The maximum Gasteiger partial charge on any atom is 0.573 e. The fourth-order valence-electron chi connectivity index (χ4n) is 3.38. The van der Waals surface area contributed by atoms with Gasteiger partial charge in [-0.1, -0.05) is 12.1 Å². The highest BCUT2D eigenvalue weighted by Crippen LogP contribution is 2.34. The lowest BCUT2D eigenvalue weighted by Gasteiger charge is -2.17. The number of nitrogens with zero attached hydrogens (tertiary/aromatic N) is 2. The molecule has 0 spiro atoms. The van der Waals surface area contributed by atoms with Gasteiger partial charge < -0.3 is 18.9 Å². The summed E-state index contributed by atoms with van der Waals surface area (Å²) in [6, 6.07) is 13.2. The van der Waals surface area contributed by atoms with Crippen LogP contribution in [0.25, 0.3) is 11.3 Å². The third-order valence-electron chi connectivity index (χ3n) is 4.81. The first kappa shape index (κ1) is 21.0. The van der Waals surface area contributed by atoms with Gasteiger partial charge in [-0.15, -0.1) is 13.2 Å². The van der Waals surface area contributed by atoms with Gasteiger partial charge in [0.15, 0.2) is 17.8 Å². The van der Waals surface area contributed by atoms with E-state index < -0.39 is 6.36 Å². The monoisotopic (exact) mass is 434 g/mol. The van der Waals surface area contributed by atoms with Gasteiger partial charge in [0, 0.05) is 18.2 Å². The molecule has 1 aliphatic heterocycles. The van der Waals surface area contributed by atoms with Crippen molar-refractivity contribution < 1.29 is 32.1 Å². The van der Waals surface area contributed by atoms with E-state index in [9.17, 15) is 13.2 Å². The van der Waals surface area contributed by atoms with E-state index in [0.717, 1.165) is 29.7 Å². The van der Waals surface area contributed by atoms with Crippen molar-refractivity contribution in [3.63, 3.8) is 0 Å². The molecule has 1 atom stereocenters. The molecule has 0 bridgehead atoms. The molecule has 3 aromatic rings. The van der Waals surface area contributed by atoms with E-state index in [0.29, 0.717) is 24.7 Å². The summed E-state index contributed by atoms with van der Waals surface area (Å²) in [5, 5.41) is 4.35. The maximum atomic E-state index is 12.3. The summed E-state index contributed by atoms with van der Waals surface area (Å²) in [4.78, 5) is 0. The maximum absolute atomic E-state index is 12.3. The number of ether oxygens (including phenoxy) is 4. The standard InChI is InChI=1S/C22H21F3N2O4/c1-28-19-9-6-16(13-20(19)30-21-3-2-12-29-21)18-10-11-26-27(18)14-15-4-7-17(8-5-15)31-22(23,24)25/h4-11,13,21H,2-3,12,14H2,1H3/t21-/m0/s1. The van der Waals surface area contributed by atoms with Gasteiger partial charge in [-0.05, 0) is 48.4 Å². The number of halogens is 3. The second-order valence-electron chi connectivity index (χ2n) is 6.99. The average molecular weight is 434 g/mol. The highest BCUT2D eigenvalue weighted by molar-refractivity contribution is 5.64. The van der Waals surface area contributed by atoms with E-state index in [1.807, 2.05) is 24.3 Å². The molecule has 0 N–H and O–H groups in total. The van der Waals surface area contributed by atoms with Crippen LogP contribution in [0.1, 0.15) is 18.4 Å². The van der Waals surface area contributed by atoms with Gasteiger partial charge in [0.05, 0.1) is 26.0 Å². The lowest BCUT2D eigenvalue weighted by molar-refractivity contribution is -0.274. The molecule has 2 heterocycles. The molecule has 1 saturated heterocycles. The van der Waals surface area contributed by atoms with Crippen molar-refractivity contribution in [2.75, 3.05) is 13.7 Å². The second-order valence-corrected chi connectivity index (χ2v) is 6.99. The molecular weight excluding hydrogens is 413 g/mol. The number of hydrogen-bond donors (Lipinski definition) is 0. The Bertz CT molecular complexity index is 1010. The van der Waals surface area contributed by atoms with Crippen LogP contribution in [0.2, 0.25) is 0 Å². The smallest absolute Gasteiger partial charge is 0.493 e. The molecule has 2 aromatic carbocycles. The van der Waals surface area contributed by atoms with Crippen LogP contribution in [0, 0.1) is 0 Å². The molecule has 6 nitrogen and oxygen atoms in total. The van der Waals surface area contributed by atoms with Crippen LogP contribution < -0.4 is 14.2 Å². The zero-order valence-corrected chi connectivity index (χ0v) is 16.8. The summed E-state index contributed by atoms with van der Waals surface area (Å²) in [7, 11) is 1.58. The highest BCUT2D eigenvalue weighted by atomic mass is 19.4. The molecule has 31 heavy (non-hydrogen) atoms. The zero-order valence-electron chi connectivity index (χ0n) is 16.8. The van der Waals surface area contributed by atoms with Crippen molar-refractivity contribution in [3.05, 3.63) is 60.3 Å². The highest BCUT2D eigenvalue weighted by Gasteiger charge is 2.31. The second kappa shape index (κ2) is 8.89. The number of rotatable bonds is 7. The number of hydrogen-bond acceptors (Lipinski definition) is 5. The molecule has 0 unspecified atom stereocenters. The van der Waals surface area contributed by atoms with Crippen LogP contribution in [0.4, 0.5) is 13.2 Å². The van der Waals surface area contributed by atoms with Crippen molar-refractivity contribution in [1.82, 2.24) is 9.78 Å². The van der Waals surface area contributed by atoms with Crippen LogP contribution >= 0.6 is 0 Å². The Hall–Kier alpha value is -3.20. The molecule has 1 aromatic heterocycles. The predicted molar refractivity (Wildman–Crippen MR) is 106 cm³/mol. The molecule has 0 saturated carbocycles. The van der Waals surface area contributed by atoms with Gasteiger partial charge in [-0.2, -0.15) is 5.10 Å². The fraction of sp³-hybridized carbons (Fsp3) is 0.318. The normalized spacial score (nSPS) is 16.3. The molecule has 1 aliphatic rings. The largest absolute Gasteiger partial charge is 0.573 e. The molecule has 0 amide bonds.